The average Bonchev–Trinajstić information content (AvgIpc) is 2.16. The third kappa shape index (κ3) is 2.77. The van der Waals surface area contributed by atoms with Gasteiger partial charge in [0, 0.05) is 17.5 Å². The maximum Gasteiger partial charge on any atom is 0.269 e. The number of rotatable bonds is 4. The summed E-state index contributed by atoms with van der Waals surface area (Å²) in [5.41, 5.74) is 0.342. The average molecular weight is 262 g/mol. The van der Waals surface area contributed by atoms with E-state index in [0.717, 1.165) is 17.8 Å². The van der Waals surface area contributed by atoms with Gasteiger partial charge in [0.25, 0.3) is 5.69 Å². The minimum Gasteiger partial charge on any atom is -0.258 e. The van der Waals surface area contributed by atoms with Crippen LogP contribution in [0, 0.1) is 15.9 Å². The zero-order valence-electron chi connectivity index (χ0n) is 7.37. The molecule has 0 aromatic heterocycles. The van der Waals surface area contributed by atoms with Crippen LogP contribution in [-0.4, -0.2) is 10.3 Å². The molecule has 0 saturated heterocycles. The van der Waals surface area contributed by atoms with Crippen LogP contribution in [0.4, 0.5) is 10.1 Å². The summed E-state index contributed by atoms with van der Waals surface area (Å²) < 4.78 is 13.1. The largest absolute Gasteiger partial charge is 0.269 e. The molecular weight excluding hydrogens is 253 g/mol. The van der Waals surface area contributed by atoms with E-state index in [1.54, 1.807) is 0 Å². The van der Waals surface area contributed by atoms with Crippen molar-refractivity contribution in [3.05, 3.63) is 39.7 Å². The molecule has 76 valence electrons. The lowest BCUT2D eigenvalue weighted by atomic mass is 10.1. The molecule has 0 fully saturated rings. The number of halogens is 2. The van der Waals surface area contributed by atoms with Crippen molar-refractivity contribution < 1.29 is 9.31 Å². The molecule has 14 heavy (non-hydrogen) atoms. The van der Waals surface area contributed by atoms with Gasteiger partial charge in [-0.05, 0) is 24.5 Å². The molecule has 0 saturated carbocycles. The van der Waals surface area contributed by atoms with E-state index >= 15 is 0 Å². The zero-order valence-corrected chi connectivity index (χ0v) is 8.96. The summed E-state index contributed by atoms with van der Waals surface area (Å²) >= 11 is 3.22. The van der Waals surface area contributed by atoms with Crippen LogP contribution in [0.25, 0.3) is 0 Å². The number of nitro benzene ring substituents is 1. The van der Waals surface area contributed by atoms with Gasteiger partial charge in [0.05, 0.1) is 4.92 Å². The highest BCUT2D eigenvalue weighted by Crippen LogP contribution is 2.18. The van der Waals surface area contributed by atoms with Crippen LogP contribution in [0.2, 0.25) is 0 Å². The number of non-ortho nitro benzene ring substituents is 1. The Morgan fingerprint density at radius 1 is 1.50 bits per heavy atom. The number of alkyl halides is 1. The molecule has 0 amide bonds. The Morgan fingerprint density at radius 2 is 2.21 bits per heavy atom. The number of benzene rings is 1. The Hall–Kier alpha value is -0.970. The van der Waals surface area contributed by atoms with Crippen LogP contribution in [-0.2, 0) is 6.42 Å². The SMILES string of the molecule is O=[N+]([O-])c1ccc(F)c(CCCBr)c1. The summed E-state index contributed by atoms with van der Waals surface area (Å²) in [4.78, 5) is 9.90. The van der Waals surface area contributed by atoms with E-state index in [1.165, 1.54) is 12.1 Å². The molecule has 3 nitrogen and oxygen atoms in total. The number of aryl methyl sites for hydroxylation is 1. The fourth-order valence-corrected chi connectivity index (χ4v) is 1.40. The van der Waals surface area contributed by atoms with E-state index in [-0.39, 0.29) is 11.5 Å². The molecule has 0 unspecified atom stereocenters. The van der Waals surface area contributed by atoms with E-state index in [9.17, 15) is 14.5 Å². The maximum absolute atomic E-state index is 13.1. The van der Waals surface area contributed by atoms with Gasteiger partial charge in [0.1, 0.15) is 5.82 Å². The first-order valence-corrected chi connectivity index (χ1v) is 5.26. The first-order valence-electron chi connectivity index (χ1n) is 4.14. The quantitative estimate of drug-likeness (QED) is 0.475. The number of hydrogen-bond donors (Lipinski definition) is 0. The predicted molar refractivity (Wildman–Crippen MR) is 55.2 cm³/mol. The summed E-state index contributed by atoms with van der Waals surface area (Å²) in [5.74, 6) is -0.378. The highest BCUT2D eigenvalue weighted by molar-refractivity contribution is 9.09. The second-order valence-corrected chi connectivity index (χ2v) is 3.62. The predicted octanol–water partition coefficient (Wildman–Crippen LogP) is 3.06. The van der Waals surface area contributed by atoms with Crippen molar-refractivity contribution in [1.82, 2.24) is 0 Å². The Balaban J connectivity index is 2.90. The van der Waals surface area contributed by atoms with Crippen molar-refractivity contribution in [2.75, 3.05) is 5.33 Å². The van der Waals surface area contributed by atoms with E-state index in [2.05, 4.69) is 15.9 Å². The molecule has 5 heteroatoms. The molecule has 0 heterocycles. The molecular formula is C9H9BrFNO2. The van der Waals surface area contributed by atoms with Crippen LogP contribution < -0.4 is 0 Å². The molecule has 0 spiro atoms. The van der Waals surface area contributed by atoms with Crippen molar-refractivity contribution in [3.8, 4) is 0 Å². The highest BCUT2D eigenvalue weighted by atomic mass is 79.9. The second-order valence-electron chi connectivity index (χ2n) is 2.83. The van der Waals surface area contributed by atoms with Gasteiger partial charge >= 0.3 is 0 Å². The van der Waals surface area contributed by atoms with Gasteiger partial charge in [-0.3, -0.25) is 10.1 Å². The number of hydrogen-bond acceptors (Lipinski definition) is 2. The lowest BCUT2D eigenvalue weighted by molar-refractivity contribution is -0.385. The standard InChI is InChI=1S/C9H9BrFNO2/c10-5-1-2-7-6-8(12(13)14)3-4-9(7)11/h3-4,6H,1-2,5H2. The number of nitrogens with zero attached hydrogens (tertiary/aromatic N) is 1. The third-order valence-corrected chi connectivity index (χ3v) is 2.38. The van der Waals surface area contributed by atoms with Crippen molar-refractivity contribution in [2.24, 2.45) is 0 Å². The summed E-state index contributed by atoms with van der Waals surface area (Å²) in [7, 11) is 0. The van der Waals surface area contributed by atoms with Gasteiger partial charge < -0.3 is 0 Å². The summed E-state index contributed by atoms with van der Waals surface area (Å²) in [6.45, 7) is 0. The van der Waals surface area contributed by atoms with Gasteiger partial charge in [-0.1, -0.05) is 15.9 Å². The lowest BCUT2D eigenvalue weighted by Gasteiger charge is -2.00. The highest BCUT2D eigenvalue weighted by Gasteiger charge is 2.09. The van der Waals surface area contributed by atoms with E-state index in [0.29, 0.717) is 12.0 Å². The molecule has 1 aromatic carbocycles. The summed E-state index contributed by atoms with van der Waals surface area (Å²) in [6, 6.07) is 3.60. The van der Waals surface area contributed by atoms with Gasteiger partial charge in [-0.15, -0.1) is 0 Å². The minimum absolute atomic E-state index is 0.0593. The van der Waals surface area contributed by atoms with Crippen molar-refractivity contribution >= 4 is 21.6 Å². The molecule has 0 aliphatic heterocycles. The molecule has 0 aliphatic rings. The monoisotopic (exact) mass is 261 g/mol. The minimum atomic E-state index is -0.517. The van der Waals surface area contributed by atoms with Gasteiger partial charge in [0.2, 0.25) is 0 Å². The second kappa shape index (κ2) is 5.05. The van der Waals surface area contributed by atoms with Crippen molar-refractivity contribution in [1.29, 1.82) is 0 Å². The Kier molecular flexibility index (Phi) is 4.00. The van der Waals surface area contributed by atoms with E-state index < -0.39 is 4.92 Å². The molecule has 1 rings (SSSR count). The first-order chi connectivity index (χ1) is 6.65. The molecule has 0 atom stereocenters. The fourth-order valence-electron chi connectivity index (χ4n) is 1.12. The third-order valence-electron chi connectivity index (χ3n) is 1.82. The van der Waals surface area contributed by atoms with Crippen LogP contribution >= 0.6 is 15.9 Å². The first kappa shape index (κ1) is 11.1. The summed E-state index contributed by atoms with van der Waals surface area (Å²) in [5, 5.41) is 11.2. The van der Waals surface area contributed by atoms with Gasteiger partial charge in [0.15, 0.2) is 0 Å². The Morgan fingerprint density at radius 3 is 2.79 bits per heavy atom. The Labute approximate surface area is 89.2 Å². The van der Waals surface area contributed by atoms with E-state index in [1.807, 2.05) is 0 Å². The van der Waals surface area contributed by atoms with Crippen LogP contribution in [0.1, 0.15) is 12.0 Å². The van der Waals surface area contributed by atoms with Gasteiger partial charge in [-0.2, -0.15) is 0 Å². The summed E-state index contributed by atoms with van der Waals surface area (Å²) in [6.07, 6.45) is 1.27. The van der Waals surface area contributed by atoms with Crippen molar-refractivity contribution in [3.63, 3.8) is 0 Å². The maximum atomic E-state index is 13.1. The number of nitro groups is 1. The Bertz CT molecular complexity index is 344. The van der Waals surface area contributed by atoms with Crippen LogP contribution in [0.5, 0.6) is 0 Å². The molecule has 0 aliphatic carbocycles. The van der Waals surface area contributed by atoms with E-state index in [4.69, 9.17) is 0 Å². The molecule has 0 N–H and O–H groups in total. The lowest BCUT2D eigenvalue weighted by Crippen LogP contribution is -1.95. The smallest absolute Gasteiger partial charge is 0.258 e. The van der Waals surface area contributed by atoms with Crippen molar-refractivity contribution in [2.45, 2.75) is 12.8 Å². The molecule has 0 radical (unpaired) electrons. The molecule has 1 aromatic rings. The van der Waals surface area contributed by atoms with Gasteiger partial charge in [-0.25, -0.2) is 4.39 Å². The fraction of sp³-hybridized carbons (Fsp3) is 0.333. The van der Waals surface area contributed by atoms with Crippen LogP contribution in [0.3, 0.4) is 0 Å². The molecule has 0 bridgehead atoms. The zero-order chi connectivity index (χ0) is 10.6. The van der Waals surface area contributed by atoms with Crippen LogP contribution in [0.15, 0.2) is 18.2 Å². The normalized spacial score (nSPS) is 10.1. The topological polar surface area (TPSA) is 43.1 Å².